The van der Waals surface area contributed by atoms with E-state index in [1.165, 1.54) is 6.20 Å². The van der Waals surface area contributed by atoms with Crippen molar-refractivity contribution in [2.45, 2.75) is 6.92 Å². The lowest BCUT2D eigenvalue weighted by atomic mass is 10.1. The van der Waals surface area contributed by atoms with Crippen LogP contribution in [0.4, 0.5) is 10.8 Å². The van der Waals surface area contributed by atoms with E-state index < -0.39 is 11.8 Å². The Morgan fingerprint density at radius 1 is 0.963 bits per heavy atom. The highest BCUT2D eigenvalue weighted by Gasteiger charge is 2.14. The molecule has 0 saturated carbocycles. The molecule has 0 fully saturated rings. The van der Waals surface area contributed by atoms with Gasteiger partial charge in [-0.3, -0.25) is 19.7 Å². The molecular formula is C19H16N4O3S. The Morgan fingerprint density at radius 3 is 2.33 bits per heavy atom. The maximum atomic E-state index is 12.4. The number of hydrogen-bond donors (Lipinski definition) is 3. The van der Waals surface area contributed by atoms with Crippen molar-refractivity contribution in [3.8, 4) is 0 Å². The van der Waals surface area contributed by atoms with E-state index in [4.69, 9.17) is 5.73 Å². The van der Waals surface area contributed by atoms with Crippen molar-refractivity contribution in [1.82, 2.24) is 4.98 Å². The highest BCUT2D eigenvalue weighted by molar-refractivity contribution is 7.17. The zero-order valence-corrected chi connectivity index (χ0v) is 15.2. The minimum Gasteiger partial charge on any atom is -0.365 e. The van der Waals surface area contributed by atoms with Crippen LogP contribution in [0, 0.1) is 6.92 Å². The number of primary amides is 1. The van der Waals surface area contributed by atoms with E-state index in [0.29, 0.717) is 16.8 Å². The van der Waals surface area contributed by atoms with Gasteiger partial charge >= 0.3 is 0 Å². The van der Waals surface area contributed by atoms with Gasteiger partial charge in [0.05, 0.1) is 6.20 Å². The molecule has 136 valence electrons. The molecule has 1 heterocycles. The van der Waals surface area contributed by atoms with Gasteiger partial charge in [-0.15, -0.1) is 0 Å². The molecule has 4 N–H and O–H groups in total. The van der Waals surface area contributed by atoms with Crippen LogP contribution in [-0.4, -0.2) is 22.7 Å². The summed E-state index contributed by atoms with van der Waals surface area (Å²) in [5, 5.41) is 5.69. The van der Waals surface area contributed by atoms with Gasteiger partial charge in [-0.05, 0) is 36.8 Å². The second-order valence-corrected chi connectivity index (χ2v) is 6.73. The average molecular weight is 380 g/mol. The number of nitrogens with one attached hydrogen (secondary N) is 2. The number of thiazole rings is 1. The number of carbonyl (C=O) groups excluding carboxylic acids is 3. The van der Waals surface area contributed by atoms with E-state index >= 15 is 0 Å². The van der Waals surface area contributed by atoms with Gasteiger partial charge in [-0.25, -0.2) is 4.98 Å². The first-order valence-electron chi connectivity index (χ1n) is 7.98. The first-order chi connectivity index (χ1) is 12.9. The van der Waals surface area contributed by atoms with Crippen molar-refractivity contribution in [1.29, 1.82) is 0 Å². The molecule has 3 amide bonds. The number of aryl methyl sites for hydroxylation is 1. The summed E-state index contributed by atoms with van der Waals surface area (Å²) in [7, 11) is 0. The summed E-state index contributed by atoms with van der Waals surface area (Å²) < 4.78 is 0. The van der Waals surface area contributed by atoms with Crippen LogP contribution in [0.3, 0.4) is 0 Å². The van der Waals surface area contributed by atoms with Gasteiger partial charge in [-0.1, -0.05) is 35.6 Å². The van der Waals surface area contributed by atoms with E-state index in [1.807, 2.05) is 13.0 Å². The van der Waals surface area contributed by atoms with Crippen LogP contribution in [0.15, 0.2) is 54.7 Å². The smallest absolute Gasteiger partial charge is 0.260 e. The number of carbonyl (C=O) groups is 3. The number of aromatic nitrogens is 1. The zero-order chi connectivity index (χ0) is 19.4. The van der Waals surface area contributed by atoms with Crippen molar-refractivity contribution >= 4 is 39.9 Å². The molecule has 2 aromatic carbocycles. The number of nitrogens with two attached hydrogens (primary N) is 1. The van der Waals surface area contributed by atoms with Crippen LogP contribution in [0.5, 0.6) is 0 Å². The standard InChI is InChI=1S/C19H16N4O3S/c1-11-7-8-13(18(26)23-19-21-10-15(27-19)16(20)24)9-14(11)22-17(25)12-5-3-2-4-6-12/h2-10H,1H3,(H2,20,24)(H,22,25)(H,21,23,26). The summed E-state index contributed by atoms with van der Waals surface area (Å²) >= 11 is 0.992. The normalized spacial score (nSPS) is 10.3. The van der Waals surface area contributed by atoms with E-state index in [9.17, 15) is 14.4 Å². The van der Waals surface area contributed by atoms with Crippen molar-refractivity contribution in [2.24, 2.45) is 5.73 Å². The zero-order valence-electron chi connectivity index (χ0n) is 14.4. The second kappa shape index (κ2) is 7.79. The van der Waals surface area contributed by atoms with Crippen LogP contribution in [0.2, 0.25) is 0 Å². The Labute approximate surface area is 159 Å². The van der Waals surface area contributed by atoms with Gasteiger partial charge in [0, 0.05) is 16.8 Å². The first-order valence-corrected chi connectivity index (χ1v) is 8.79. The Bertz CT molecular complexity index is 1010. The van der Waals surface area contributed by atoms with Crippen molar-refractivity contribution < 1.29 is 14.4 Å². The Morgan fingerprint density at radius 2 is 1.67 bits per heavy atom. The maximum absolute atomic E-state index is 12.4. The monoisotopic (exact) mass is 380 g/mol. The minimum absolute atomic E-state index is 0.255. The van der Waals surface area contributed by atoms with Crippen molar-refractivity contribution in [3.05, 3.63) is 76.3 Å². The summed E-state index contributed by atoms with van der Waals surface area (Å²) in [6.45, 7) is 1.84. The molecule has 0 aliphatic carbocycles. The Hall–Kier alpha value is -3.52. The van der Waals surface area contributed by atoms with Crippen molar-refractivity contribution in [2.75, 3.05) is 10.6 Å². The average Bonchev–Trinajstić information content (AvgIpc) is 3.13. The number of amides is 3. The van der Waals surface area contributed by atoms with Crippen LogP contribution in [0.25, 0.3) is 0 Å². The molecule has 0 bridgehead atoms. The molecule has 3 rings (SSSR count). The van der Waals surface area contributed by atoms with Crippen LogP contribution in [-0.2, 0) is 0 Å². The highest BCUT2D eigenvalue weighted by atomic mass is 32.1. The molecule has 0 aliphatic heterocycles. The fraction of sp³-hybridized carbons (Fsp3) is 0.0526. The van der Waals surface area contributed by atoms with Crippen LogP contribution < -0.4 is 16.4 Å². The quantitative estimate of drug-likeness (QED) is 0.631. The van der Waals surface area contributed by atoms with Crippen LogP contribution >= 0.6 is 11.3 Å². The van der Waals surface area contributed by atoms with E-state index in [1.54, 1.807) is 42.5 Å². The minimum atomic E-state index is -0.603. The van der Waals surface area contributed by atoms with Gasteiger partial charge in [0.1, 0.15) is 4.88 Å². The number of rotatable bonds is 5. The number of hydrogen-bond acceptors (Lipinski definition) is 5. The Kier molecular flexibility index (Phi) is 5.28. The van der Waals surface area contributed by atoms with Gasteiger partial charge in [-0.2, -0.15) is 0 Å². The van der Waals surface area contributed by atoms with Crippen molar-refractivity contribution in [3.63, 3.8) is 0 Å². The molecule has 0 saturated heterocycles. The third-order valence-corrected chi connectivity index (χ3v) is 4.68. The van der Waals surface area contributed by atoms with E-state index in [0.717, 1.165) is 16.9 Å². The topological polar surface area (TPSA) is 114 Å². The number of nitrogens with zero attached hydrogens (tertiary/aromatic N) is 1. The summed E-state index contributed by atoms with van der Waals surface area (Å²) in [4.78, 5) is 40.1. The molecule has 27 heavy (non-hydrogen) atoms. The number of anilines is 2. The molecule has 0 radical (unpaired) electrons. The molecule has 8 heteroatoms. The summed E-state index contributed by atoms with van der Waals surface area (Å²) in [5.74, 6) is -1.27. The van der Waals surface area contributed by atoms with Gasteiger partial charge < -0.3 is 11.1 Å². The van der Waals surface area contributed by atoms with Gasteiger partial charge in [0.25, 0.3) is 17.7 Å². The first kappa shape index (κ1) is 18.3. The molecule has 0 unspecified atom stereocenters. The predicted octanol–water partition coefficient (Wildman–Crippen LogP) is 3.06. The predicted molar refractivity (Wildman–Crippen MR) is 104 cm³/mol. The summed E-state index contributed by atoms with van der Waals surface area (Å²) in [6, 6.07) is 13.8. The lowest BCUT2D eigenvalue weighted by Gasteiger charge is -2.10. The third-order valence-electron chi connectivity index (χ3n) is 3.75. The molecule has 0 atom stereocenters. The second-order valence-electron chi connectivity index (χ2n) is 5.70. The number of benzene rings is 2. The Balaban J connectivity index is 1.76. The largest absolute Gasteiger partial charge is 0.365 e. The third kappa shape index (κ3) is 4.36. The molecule has 0 aliphatic rings. The lowest BCUT2D eigenvalue weighted by Crippen LogP contribution is -2.15. The molecule has 7 nitrogen and oxygen atoms in total. The molecule has 1 aromatic heterocycles. The van der Waals surface area contributed by atoms with E-state index in [2.05, 4.69) is 15.6 Å². The fourth-order valence-electron chi connectivity index (χ4n) is 2.30. The fourth-order valence-corrected chi connectivity index (χ4v) is 2.96. The highest BCUT2D eigenvalue weighted by Crippen LogP contribution is 2.21. The lowest BCUT2D eigenvalue weighted by molar-refractivity contribution is 0.0999. The molecular weight excluding hydrogens is 364 g/mol. The van der Waals surface area contributed by atoms with E-state index in [-0.39, 0.29) is 15.9 Å². The molecule has 0 spiro atoms. The SMILES string of the molecule is Cc1ccc(C(=O)Nc2ncc(C(N)=O)s2)cc1NC(=O)c1ccccc1. The van der Waals surface area contributed by atoms with Crippen LogP contribution in [0.1, 0.15) is 36.0 Å². The molecule has 3 aromatic rings. The summed E-state index contributed by atoms with van der Waals surface area (Å²) in [6.07, 6.45) is 1.31. The summed E-state index contributed by atoms with van der Waals surface area (Å²) in [5.41, 5.74) is 7.40. The maximum Gasteiger partial charge on any atom is 0.260 e. The van der Waals surface area contributed by atoms with Gasteiger partial charge in [0.15, 0.2) is 5.13 Å². The van der Waals surface area contributed by atoms with Gasteiger partial charge in [0.2, 0.25) is 0 Å².